The second-order valence-electron chi connectivity index (χ2n) is 4.25. The summed E-state index contributed by atoms with van der Waals surface area (Å²) in [6.07, 6.45) is 2.95. The summed E-state index contributed by atoms with van der Waals surface area (Å²) in [5.74, 6) is 0. The van der Waals surface area contributed by atoms with Gasteiger partial charge in [-0.2, -0.15) is 5.48 Å². The minimum Gasteiger partial charge on any atom is -0.338 e. The van der Waals surface area contributed by atoms with Crippen molar-refractivity contribution in [3.63, 3.8) is 0 Å². The Labute approximate surface area is 135 Å². The van der Waals surface area contributed by atoms with E-state index in [0.717, 1.165) is 0 Å². The lowest BCUT2D eigenvalue weighted by Gasteiger charge is -1.99. The van der Waals surface area contributed by atoms with Gasteiger partial charge in [-0.1, -0.05) is 0 Å². The first-order valence-electron chi connectivity index (χ1n) is 6.50. The van der Waals surface area contributed by atoms with Crippen molar-refractivity contribution in [2.24, 2.45) is 0 Å². The number of hydroxylamine groups is 1. The molecule has 0 aromatic carbocycles. The van der Waals surface area contributed by atoms with Gasteiger partial charge in [0.1, 0.15) is 0 Å². The zero-order valence-corrected chi connectivity index (χ0v) is 13.4. The van der Waals surface area contributed by atoms with Crippen LogP contribution in [0.25, 0.3) is 0 Å². The third-order valence-electron chi connectivity index (χ3n) is 2.57. The van der Waals surface area contributed by atoms with Gasteiger partial charge in [-0.05, 0) is 19.3 Å². The summed E-state index contributed by atoms with van der Waals surface area (Å²) in [6, 6.07) is 0. The molecular formula is C12H18N6O4S. The highest BCUT2D eigenvalue weighted by molar-refractivity contribution is 7.71. The van der Waals surface area contributed by atoms with Crippen LogP contribution in [-0.2, 0) is 17.9 Å². The number of hydrogen-bond acceptors (Lipinski definition) is 7. The topological polar surface area (TPSA) is 148 Å². The number of nitrogens with one attached hydrogen (secondary N) is 6. The molecule has 0 aliphatic rings. The first kappa shape index (κ1) is 18.7. The Hall–Kier alpha value is -2.34. The maximum atomic E-state index is 11.1. The van der Waals surface area contributed by atoms with Crippen LogP contribution in [0.5, 0.6) is 0 Å². The molecular weight excluding hydrogens is 324 g/mol. The standard InChI is InChI=1S/C6H9N3O2S.C6H9N3O2/c1-11-8-3-4-2-7-6(12)9-5(4)10;1-7-2-4-3-8-6(11)9-5(4)10/h2,8H,3H2,1H3,(H2,7,9,10,12);3,7H,2H2,1H3,(H2,8,9,10,11). The first-order chi connectivity index (χ1) is 11.0. The molecule has 0 unspecified atom stereocenters. The molecule has 23 heavy (non-hydrogen) atoms. The minimum atomic E-state index is -0.477. The lowest BCUT2D eigenvalue weighted by molar-refractivity contribution is 0.0863. The van der Waals surface area contributed by atoms with Crippen molar-refractivity contribution in [1.29, 1.82) is 0 Å². The summed E-state index contributed by atoms with van der Waals surface area (Å²) in [5, 5.41) is 2.80. The summed E-state index contributed by atoms with van der Waals surface area (Å²) in [4.78, 5) is 46.8. The highest BCUT2D eigenvalue weighted by atomic mass is 32.1. The predicted octanol–water partition coefficient (Wildman–Crippen LogP) is -1.13. The summed E-state index contributed by atoms with van der Waals surface area (Å²) in [7, 11) is 3.21. The molecule has 0 radical (unpaired) electrons. The van der Waals surface area contributed by atoms with Gasteiger partial charge in [-0.25, -0.2) is 4.79 Å². The van der Waals surface area contributed by atoms with E-state index < -0.39 is 5.69 Å². The highest BCUT2D eigenvalue weighted by Gasteiger charge is 1.97. The van der Waals surface area contributed by atoms with Crippen LogP contribution >= 0.6 is 12.2 Å². The van der Waals surface area contributed by atoms with Gasteiger partial charge in [0.15, 0.2) is 4.77 Å². The largest absolute Gasteiger partial charge is 0.338 e. The molecule has 2 heterocycles. The normalized spacial score (nSPS) is 10.0. The van der Waals surface area contributed by atoms with Gasteiger partial charge in [0.2, 0.25) is 0 Å². The van der Waals surface area contributed by atoms with Crippen molar-refractivity contribution in [1.82, 2.24) is 30.7 Å². The molecule has 126 valence electrons. The molecule has 2 aromatic heterocycles. The fraction of sp³-hybridized carbons (Fsp3) is 0.333. The van der Waals surface area contributed by atoms with Crippen molar-refractivity contribution in [3.05, 3.63) is 59.5 Å². The van der Waals surface area contributed by atoms with Gasteiger partial charge in [0, 0.05) is 30.1 Å². The number of rotatable bonds is 5. The maximum Gasteiger partial charge on any atom is 0.325 e. The van der Waals surface area contributed by atoms with Crippen molar-refractivity contribution < 1.29 is 4.84 Å². The summed E-state index contributed by atoms with van der Waals surface area (Å²) >= 11 is 4.71. The van der Waals surface area contributed by atoms with E-state index in [1.54, 1.807) is 13.2 Å². The third-order valence-corrected chi connectivity index (χ3v) is 2.79. The van der Waals surface area contributed by atoms with Crippen molar-refractivity contribution in [2.45, 2.75) is 13.1 Å². The minimum absolute atomic E-state index is 0.205. The van der Waals surface area contributed by atoms with E-state index in [1.807, 2.05) is 0 Å². The fourth-order valence-electron chi connectivity index (χ4n) is 1.48. The van der Waals surface area contributed by atoms with Crippen LogP contribution in [0.1, 0.15) is 11.1 Å². The second kappa shape index (κ2) is 9.63. The van der Waals surface area contributed by atoms with E-state index >= 15 is 0 Å². The van der Waals surface area contributed by atoms with Crippen LogP contribution < -0.4 is 27.6 Å². The van der Waals surface area contributed by atoms with Gasteiger partial charge in [-0.15, -0.1) is 0 Å². The summed E-state index contributed by atoms with van der Waals surface area (Å²) in [6.45, 7) is 0.796. The van der Waals surface area contributed by atoms with Gasteiger partial charge in [0.25, 0.3) is 11.1 Å². The van der Waals surface area contributed by atoms with E-state index in [-0.39, 0.29) is 11.1 Å². The molecule has 2 aromatic rings. The Bertz CT molecular complexity index is 836. The van der Waals surface area contributed by atoms with E-state index in [1.165, 1.54) is 13.3 Å². The molecule has 0 spiro atoms. The second-order valence-corrected chi connectivity index (χ2v) is 4.66. The Morgan fingerprint density at radius 2 is 1.65 bits per heavy atom. The van der Waals surface area contributed by atoms with E-state index in [9.17, 15) is 14.4 Å². The van der Waals surface area contributed by atoms with Gasteiger partial charge < -0.3 is 20.1 Å². The third kappa shape index (κ3) is 6.52. The van der Waals surface area contributed by atoms with E-state index in [4.69, 9.17) is 12.2 Å². The number of aromatic nitrogens is 4. The Kier molecular flexibility index (Phi) is 7.83. The Morgan fingerprint density at radius 3 is 2.22 bits per heavy atom. The van der Waals surface area contributed by atoms with Crippen LogP contribution in [0.15, 0.2) is 26.8 Å². The molecule has 11 heteroatoms. The molecule has 0 aliphatic carbocycles. The number of H-pyrrole nitrogens is 4. The highest BCUT2D eigenvalue weighted by Crippen LogP contribution is 1.85. The zero-order valence-electron chi connectivity index (χ0n) is 12.6. The van der Waals surface area contributed by atoms with Gasteiger partial charge >= 0.3 is 5.69 Å². The molecule has 0 bridgehead atoms. The predicted molar refractivity (Wildman–Crippen MR) is 86.5 cm³/mol. The molecule has 0 amide bonds. The molecule has 0 saturated carbocycles. The lowest BCUT2D eigenvalue weighted by atomic mass is 10.3. The van der Waals surface area contributed by atoms with Crippen molar-refractivity contribution in [3.8, 4) is 0 Å². The number of hydrogen-bond donors (Lipinski definition) is 6. The van der Waals surface area contributed by atoms with Crippen molar-refractivity contribution in [2.75, 3.05) is 14.2 Å². The van der Waals surface area contributed by atoms with Crippen LogP contribution in [0, 0.1) is 4.77 Å². The van der Waals surface area contributed by atoms with E-state index in [2.05, 4.69) is 35.6 Å². The number of aromatic amines is 4. The van der Waals surface area contributed by atoms with Gasteiger partial charge in [0.05, 0.1) is 13.7 Å². The summed E-state index contributed by atoms with van der Waals surface area (Å²) < 4.78 is 0.321. The average molecular weight is 342 g/mol. The van der Waals surface area contributed by atoms with Gasteiger partial charge in [-0.3, -0.25) is 19.6 Å². The molecule has 10 nitrogen and oxygen atoms in total. The Balaban J connectivity index is 0.000000231. The average Bonchev–Trinajstić information content (AvgIpc) is 2.50. The molecule has 0 fully saturated rings. The van der Waals surface area contributed by atoms with Crippen molar-refractivity contribution >= 4 is 12.2 Å². The smallest absolute Gasteiger partial charge is 0.325 e. The molecule has 0 atom stereocenters. The Morgan fingerprint density at radius 1 is 1.04 bits per heavy atom. The summed E-state index contributed by atoms with van der Waals surface area (Å²) in [5.41, 5.74) is 2.59. The zero-order chi connectivity index (χ0) is 17.2. The van der Waals surface area contributed by atoms with Crippen LogP contribution in [-0.4, -0.2) is 34.1 Å². The van der Waals surface area contributed by atoms with Crippen LogP contribution in [0.2, 0.25) is 0 Å². The molecule has 2 rings (SSSR count). The quantitative estimate of drug-likeness (QED) is 0.297. The monoisotopic (exact) mass is 342 g/mol. The maximum absolute atomic E-state index is 11.1. The molecule has 0 aliphatic heterocycles. The first-order valence-corrected chi connectivity index (χ1v) is 6.91. The van der Waals surface area contributed by atoms with Crippen LogP contribution in [0.3, 0.4) is 0 Å². The molecule has 6 N–H and O–H groups in total. The lowest BCUT2D eigenvalue weighted by Crippen LogP contribution is -2.26. The fourth-order valence-corrected chi connectivity index (χ4v) is 1.63. The molecule has 0 saturated heterocycles. The van der Waals surface area contributed by atoms with E-state index in [0.29, 0.717) is 29.0 Å². The SMILES string of the molecule is CNCc1c[nH]c(=O)[nH]c1=O.CONCc1c[nH]c(=S)[nH]c1=O. The van der Waals surface area contributed by atoms with Crippen LogP contribution in [0.4, 0.5) is 0 Å².